The maximum Gasteiger partial charge on any atom is 0.291 e. The summed E-state index contributed by atoms with van der Waals surface area (Å²) >= 11 is 3.18. The van der Waals surface area contributed by atoms with E-state index in [4.69, 9.17) is 4.42 Å². The third kappa shape index (κ3) is 6.31. The summed E-state index contributed by atoms with van der Waals surface area (Å²) in [6.07, 6.45) is 2.40. The maximum absolute atomic E-state index is 12.6. The number of furan rings is 1. The summed E-state index contributed by atoms with van der Waals surface area (Å²) in [5.74, 6) is -0.0681. The van der Waals surface area contributed by atoms with Crippen LogP contribution in [0.3, 0.4) is 0 Å². The normalized spacial score (nSPS) is 16.5. The van der Waals surface area contributed by atoms with Crippen molar-refractivity contribution in [1.82, 2.24) is 10.2 Å². The van der Waals surface area contributed by atoms with Gasteiger partial charge in [0, 0.05) is 24.8 Å². The molecular formula is C25H26BrN3O3. The third-order valence-electron chi connectivity index (χ3n) is 5.49. The highest BCUT2D eigenvalue weighted by atomic mass is 79.9. The van der Waals surface area contributed by atoms with E-state index in [-0.39, 0.29) is 23.6 Å². The Bertz CT molecular complexity index is 1050. The quantitative estimate of drug-likeness (QED) is 0.501. The number of nitrogens with one attached hydrogen (secondary N) is 2. The second-order valence-corrected chi connectivity index (χ2v) is 8.84. The summed E-state index contributed by atoms with van der Waals surface area (Å²) in [5.41, 5.74) is 2.85. The number of piperidine rings is 1. The molecule has 166 valence electrons. The van der Waals surface area contributed by atoms with E-state index in [1.54, 1.807) is 24.3 Å². The van der Waals surface area contributed by atoms with E-state index >= 15 is 0 Å². The molecule has 6 nitrogen and oxygen atoms in total. The van der Waals surface area contributed by atoms with E-state index in [1.807, 2.05) is 18.2 Å². The summed E-state index contributed by atoms with van der Waals surface area (Å²) in [7, 11) is 0. The van der Waals surface area contributed by atoms with Gasteiger partial charge in [-0.05, 0) is 70.7 Å². The van der Waals surface area contributed by atoms with E-state index in [1.165, 1.54) is 5.56 Å². The molecule has 2 heterocycles. The van der Waals surface area contributed by atoms with Crippen LogP contribution in [0.5, 0.6) is 0 Å². The first kappa shape index (κ1) is 22.3. The van der Waals surface area contributed by atoms with E-state index in [2.05, 4.69) is 55.7 Å². The molecule has 2 aromatic carbocycles. The molecule has 1 atom stereocenters. The van der Waals surface area contributed by atoms with Gasteiger partial charge in [-0.15, -0.1) is 0 Å². The van der Waals surface area contributed by atoms with Crippen LogP contribution in [0.25, 0.3) is 0 Å². The fraction of sp³-hybridized carbons (Fsp3) is 0.280. The van der Waals surface area contributed by atoms with Crippen LogP contribution in [0.2, 0.25) is 0 Å². The van der Waals surface area contributed by atoms with Crippen LogP contribution < -0.4 is 10.6 Å². The second-order valence-electron chi connectivity index (χ2n) is 8.06. The van der Waals surface area contributed by atoms with Gasteiger partial charge in [-0.2, -0.15) is 0 Å². The van der Waals surface area contributed by atoms with Crippen molar-refractivity contribution in [2.45, 2.75) is 31.8 Å². The molecule has 1 unspecified atom stereocenters. The summed E-state index contributed by atoms with van der Waals surface area (Å²) < 4.78 is 5.76. The van der Waals surface area contributed by atoms with Crippen molar-refractivity contribution >= 4 is 33.4 Å². The molecule has 1 aromatic heterocycles. The molecule has 1 aliphatic rings. The van der Waals surface area contributed by atoms with Gasteiger partial charge < -0.3 is 15.1 Å². The lowest BCUT2D eigenvalue weighted by Crippen LogP contribution is -2.47. The number of carbonyl (C=O) groups excluding carboxylic acids is 2. The third-order valence-corrected chi connectivity index (χ3v) is 5.92. The van der Waals surface area contributed by atoms with Crippen LogP contribution in [0.4, 0.5) is 5.69 Å². The predicted octanol–water partition coefficient (Wildman–Crippen LogP) is 4.62. The smallest absolute Gasteiger partial charge is 0.291 e. The number of hydrogen-bond acceptors (Lipinski definition) is 4. The van der Waals surface area contributed by atoms with Crippen molar-refractivity contribution in [2.75, 3.05) is 18.4 Å². The molecule has 1 fully saturated rings. The molecule has 3 aromatic rings. The summed E-state index contributed by atoms with van der Waals surface area (Å²) in [6.45, 7) is 2.84. The summed E-state index contributed by atoms with van der Waals surface area (Å²) in [4.78, 5) is 27.1. The van der Waals surface area contributed by atoms with Gasteiger partial charge in [0.15, 0.2) is 10.4 Å². The molecule has 7 heteroatoms. The van der Waals surface area contributed by atoms with Crippen molar-refractivity contribution in [3.8, 4) is 0 Å². The minimum absolute atomic E-state index is 0.0220. The largest absolute Gasteiger partial charge is 0.444 e. The number of halogens is 1. The molecule has 4 rings (SSSR count). The van der Waals surface area contributed by atoms with Crippen LogP contribution >= 0.6 is 15.9 Å². The van der Waals surface area contributed by atoms with Crippen LogP contribution in [0.15, 0.2) is 75.8 Å². The van der Waals surface area contributed by atoms with Gasteiger partial charge in [0.1, 0.15) is 0 Å². The highest BCUT2D eigenvalue weighted by molar-refractivity contribution is 9.10. The lowest BCUT2D eigenvalue weighted by Gasteiger charge is -2.33. The topological polar surface area (TPSA) is 74.6 Å². The molecule has 0 saturated carbocycles. The van der Waals surface area contributed by atoms with Crippen molar-refractivity contribution in [2.24, 2.45) is 0 Å². The zero-order chi connectivity index (χ0) is 22.3. The molecule has 32 heavy (non-hydrogen) atoms. The van der Waals surface area contributed by atoms with Gasteiger partial charge >= 0.3 is 0 Å². The lowest BCUT2D eigenvalue weighted by molar-refractivity contribution is -0.121. The average molecular weight is 496 g/mol. The fourth-order valence-electron chi connectivity index (χ4n) is 3.96. The highest BCUT2D eigenvalue weighted by Crippen LogP contribution is 2.17. The zero-order valence-electron chi connectivity index (χ0n) is 17.7. The van der Waals surface area contributed by atoms with Crippen molar-refractivity contribution in [3.63, 3.8) is 0 Å². The Morgan fingerprint density at radius 3 is 2.50 bits per heavy atom. The molecule has 1 saturated heterocycles. The number of hydrogen-bond donors (Lipinski definition) is 2. The van der Waals surface area contributed by atoms with Gasteiger partial charge in [-0.3, -0.25) is 14.5 Å². The standard InChI is InChI=1S/C25H26BrN3O3/c26-23-13-12-22(32-23)25(31)28-20-10-8-18(9-11-20)15-24(30)27-21-7-4-14-29(17-21)16-19-5-2-1-3-6-19/h1-3,5-6,8-13,21H,4,7,14-17H2,(H,27,30)(H,28,31). The number of likely N-dealkylation sites (tertiary alicyclic amines) is 1. The Balaban J connectivity index is 1.25. The Labute approximate surface area is 196 Å². The lowest BCUT2D eigenvalue weighted by atomic mass is 10.0. The number of nitrogens with zero attached hydrogens (tertiary/aromatic N) is 1. The summed E-state index contributed by atoms with van der Waals surface area (Å²) in [6, 6.07) is 21.2. The van der Waals surface area contributed by atoms with Gasteiger partial charge in [-0.1, -0.05) is 42.5 Å². The van der Waals surface area contributed by atoms with E-state index in [9.17, 15) is 9.59 Å². The number of amides is 2. The van der Waals surface area contributed by atoms with Crippen LogP contribution in [-0.4, -0.2) is 35.8 Å². The molecule has 2 N–H and O–H groups in total. The first-order chi connectivity index (χ1) is 15.5. The number of rotatable bonds is 7. The Morgan fingerprint density at radius 2 is 1.78 bits per heavy atom. The molecule has 0 spiro atoms. The summed E-state index contributed by atoms with van der Waals surface area (Å²) in [5, 5.41) is 5.97. The van der Waals surface area contributed by atoms with Gasteiger partial charge in [0.2, 0.25) is 5.91 Å². The first-order valence-corrected chi connectivity index (χ1v) is 11.6. The second kappa shape index (κ2) is 10.6. The number of benzene rings is 2. The van der Waals surface area contributed by atoms with Crippen LogP contribution in [0, 0.1) is 0 Å². The molecule has 1 aliphatic heterocycles. The molecular weight excluding hydrogens is 470 g/mol. The van der Waals surface area contributed by atoms with Crippen LogP contribution in [0.1, 0.15) is 34.5 Å². The van der Waals surface area contributed by atoms with Crippen molar-refractivity contribution in [3.05, 3.63) is 88.3 Å². The van der Waals surface area contributed by atoms with Crippen molar-refractivity contribution < 1.29 is 14.0 Å². The van der Waals surface area contributed by atoms with Gasteiger partial charge in [0.25, 0.3) is 5.91 Å². The van der Waals surface area contributed by atoms with E-state index in [0.717, 1.165) is 38.0 Å². The number of carbonyl (C=O) groups is 2. The Morgan fingerprint density at radius 1 is 1.00 bits per heavy atom. The van der Waals surface area contributed by atoms with E-state index in [0.29, 0.717) is 16.8 Å². The number of anilines is 1. The Hall–Kier alpha value is -2.90. The predicted molar refractivity (Wildman–Crippen MR) is 127 cm³/mol. The minimum atomic E-state index is -0.321. The molecule has 0 bridgehead atoms. The molecule has 0 aliphatic carbocycles. The monoisotopic (exact) mass is 495 g/mol. The van der Waals surface area contributed by atoms with Crippen molar-refractivity contribution in [1.29, 1.82) is 0 Å². The maximum atomic E-state index is 12.6. The van der Waals surface area contributed by atoms with Gasteiger partial charge in [0.05, 0.1) is 6.42 Å². The average Bonchev–Trinajstić information content (AvgIpc) is 3.22. The fourth-order valence-corrected chi connectivity index (χ4v) is 4.26. The minimum Gasteiger partial charge on any atom is -0.444 e. The Kier molecular flexibility index (Phi) is 7.39. The zero-order valence-corrected chi connectivity index (χ0v) is 19.3. The molecule has 0 radical (unpaired) electrons. The highest BCUT2D eigenvalue weighted by Gasteiger charge is 2.21. The van der Waals surface area contributed by atoms with Crippen LogP contribution in [-0.2, 0) is 17.8 Å². The van der Waals surface area contributed by atoms with E-state index < -0.39 is 0 Å². The SMILES string of the molecule is O=C(Cc1ccc(NC(=O)c2ccc(Br)o2)cc1)NC1CCCN(Cc2ccccc2)C1. The first-order valence-electron chi connectivity index (χ1n) is 10.8. The van der Waals surface area contributed by atoms with Gasteiger partial charge in [-0.25, -0.2) is 0 Å². The molecule has 2 amide bonds.